The third-order valence-electron chi connectivity index (χ3n) is 1.78. The Hall–Kier alpha value is -2.32. The molecule has 9 nitrogen and oxygen atoms in total. The lowest BCUT2D eigenvalue weighted by Gasteiger charge is -2.07. The maximum absolute atomic E-state index is 11.2. The number of hydrogen-bond donors (Lipinski definition) is 4. The van der Waals surface area contributed by atoms with Crippen molar-refractivity contribution < 1.29 is 29.0 Å². The maximum Gasteiger partial charge on any atom is 0.407 e. The van der Waals surface area contributed by atoms with Gasteiger partial charge in [-0.2, -0.15) is 0 Å². The zero-order chi connectivity index (χ0) is 14.7. The van der Waals surface area contributed by atoms with Crippen LogP contribution in [0.3, 0.4) is 0 Å². The van der Waals surface area contributed by atoms with Crippen molar-refractivity contribution in [2.45, 2.75) is 13.3 Å². The predicted octanol–water partition coefficient (Wildman–Crippen LogP) is -1.56. The fourth-order valence-corrected chi connectivity index (χ4v) is 0.947. The Morgan fingerprint density at radius 3 is 2.16 bits per heavy atom. The summed E-state index contributed by atoms with van der Waals surface area (Å²) in [6.07, 6.45) is -0.909. The molecule has 0 fully saturated rings. The molecular weight excluding hydrogens is 258 g/mol. The van der Waals surface area contributed by atoms with Gasteiger partial charge in [0, 0.05) is 6.54 Å². The van der Waals surface area contributed by atoms with Gasteiger partial charge in [0.15, 0.2) is 0 Å². The molecular formula is C10H17N3O6. The van der Waals surface area contributed by atoms with Crippen LogP contribution in [0.5, 0.6) is 0 Å². The first-order valence-electron chi connectivity index (χ1n) is 5.61. The van der Waals surface area contributed by atoms with E-state index in [1.807, 2.05) is 0 Å². The van der Waals surface area contributed by atoms with E-state index in [9.17, 15) is 19.2 Å². The average molecular weight is 275 g/mol. The van der Waals surface area contributed by atoms with Crippen molar-refractivity contribution in [3.8, 4) is 0 Å². The van der Waals surface area contributed by atoms with E-state index in [1.54, 1.807) is 6.92 Å². The van der Waals surface area contributed by atoms with E-state index < -0.39 is 23.9 Å². The minimum Gasteiger partial charge on any atom is -0.481 e. The van der Waals surface area contributed by atoms with E-state index in [1.165, 1.54) is 0 Å². The summed E-state index contributed by atoms with van der Waals surface area (Å²) in [5.41, 5.74) is 0. The molecule has 0 atom stereocenters. The molecule has 0 aromatic heterocycles. The van der Waals surface area contributed by atoms with Crippen molar-refractivity contribution in [3.63, 3.8) is 0 Å². The molecule has 0 aliphatic rings. The molecule has 9 heteroatoms. The monoisotopic (exact) mass is 275 g/mol. The van der Waals surface area contributed by atoms with Crippen molar-refractivity contribution in [2.24, 2.45) is 0 Å². The fraction of sp³-hybridized carbons (Fsp3) is 0.600. The van der Waals surface area contributed by atoms with Gasteiger partial charge < -0.3 is 25.8 Å². The van der Waals surface area contributed by atoms with Crippen LogP contribution in [0.4, 0.5) is 4.79 Å². The topological polar surface area (TPSA) is 134 Å². The fourth-order valence-electron chi connectivity index (χ4n) is 0.947. The number of carboxylic acids is 1. The number of nitrogens with one attached hydrogen (secondary N) is 3. The first kappa shape index (κ1) is 16.7. The van der Waals surface area contributed by atoms with Gasteiger partial charge in [0.2, 0.25) is 11.8 Å². The Morgan fingerprint density at radius 2 is 1.58 bits per heavy atom. The van der Waals surface area contributed by atoms with E-state index in [-0.39, 0.29) is 32.7 Å². The Bertz CT molecular complexity index is 344. The molecule has 0 unspecified atom stereocenters. The molecule has 0 radical (unpaired) electrons. The second kappa shape index (κ2) is 9.68. The molecule has 108 valence electrons. The van der Waals surface area contributed by atoms with Gasteiger partial charge in [0.25, 0.3) is 0 Å². The summed E-state index contributed by atoms with van der Waals surface area (Å²) in [4.78, 5) is 43.3. The lowest BCUT2D eigenvalue weighted by atomic mass is 10.4. The summed E-state index contributed by atoms with van der Waals surface area (Å²) in [5, 5.41) is 15.1. The summed E-state index contributed by atoms with van der Waals surface area (Å²) in [6, 6.07) is 0. The molecule has 0 heterocycles. The third kappa shape index (κ3) is 10.5. The molecule has 0 saturated heterocycles. The molecule has 0 aromatic carbocycles. The minimum absolute atomic E-state index is 0.00882. The van der Waals surface area contributed by atoms with Crippen LogP contribution in [-0.4, -0.2) is 55.2 Å². The first-order valence-corrected chi connectivity index (χ1v) is 5.61. The van der Waals surface area contributed by atoms with Crippen LogP contribution in [0.25, 0.3) is 0 Å². The number of carbonyl (C=O) groups excluding carboxylic acids is 3. The van der Waals surface area contributed by atoms with Gasteiger partial charge in [-0.1, -0.05) is 0 Å². The molecule has 19 heavy (non-hydrogen) atoms. The summed E-state index contributed by atoms with van der Waals surface area (Å²) in [7, 11) is 0. The van der Waals surface area contributed by atoms with Gasteiger partial charge in [0.05, 0.1) is 19.6 Å². The Morgan fingerprint density at radius 1 is 1.00 bits per heavy atom. The highest BCUT2D eigenvalue weighted by Crippen LogP contribution is 1.77. The highest BCUT2D eigenvalue weighted by molar-refractivity contribution is 5.87. The van der Waals surface area contributed by atoms with E-state index in [0.717, 1.165) is 0 Å². The molecule has 0 bridgehead atoms. The lowest BCUT2D eigenvalue weighted by molar-refractivity contribution is -0.137. The molecule has 0 saturated carbocycles. The number of ether oxygens (including phenoxy) is 1. The van der Waals surface area contributed by atoms with Crippen LogP contribution in [0, 0.1) is 0 Å². The van der Waals surface area contributed by atoms with Crippen molar-refractivity contribution in [1.82, 2.24) is 16.0 Å². The van der Waals surface area contributed by atoms with Crippen LogP contribution < -0.4 is 16.0 Å². The molecule has 0 rings (SSSR count). The van der Waals surface area contributed by atoms with Gasteiger partial charge in [-0.15, -0.1) is 0 Å². The van der Waals surface area contributed by atoms with Gasteiger partial charge >= 0.3 is 12.1 Å². The van der Waals surface area contributed by atoms with Crippen molar-refractivity contribution in [1.29, 1.82) is 0 Å². The van der Waals surface area contributed by atoms with Crippen LogP contribution in [0.2, 0.25) is 0 Å². The molecule has 0 aliphatic carbocycles. The number of carboxylic acid groups (broad SMARTS) is 1. The average Bonchev–Trinajstić information content (AvgIpc) is 2.33. The Balaban J connectivity index is 3.63. The van der Waals surface area contributed by atoms with Gasteiger partial charge in [-0.3, -0.25) is 14.4 Å². The maximum atomic E-state index is 11.2. The number of amides is 3. The highest BCUT2D eigenvalue weighted by atomic mass is 16.5. The molecule has 0 aromatic rings. The molecule has 3 amide bonds. The number of carbonyl (C=O) groups is 4. The molecule has 4 N–H and O–H groups in total. The van der Waals surface area contributed by atoms with Gasteiger partial charge in [0.1, 0.15) is 6.54 Å². The smallest absolute Gasteiger partial charge is 0.407 e. The summed E-state index contributed by atoms with van der Waals surface area (Å²) < 4.78 is 4.53. The van der Waals surface area contributed by atoms with Crippen molar-refractivity contribution >= 4 is 23.9 Å². The highest BCUT2D eigenvalue weighted by Gasteiger charge is 2.07. The van der Waals surface area contributed by atoms with E-state index in [2.05, 4.69) is 20.7 Å². The molecule has 0 spiro atoms. The summed E-state index contributed by atoms with van der Waals surface area (Å²) in [5.74, 6) is -2.09. The standard InChI is InChI=1S/C10H17N3O6/c1-2-19-10(18)13-6-8(15)12-5-7(14)11-4-3-9(16)17/h2-6H2,1H3,(H,11,14)(H,12,15)(H,13,18)(H,16,17). The first-order chi connectivity index (χ1) is 8.95. The number of alkyl carbamates (subject to hydrolysis) is 1. The van der Waals surface area contributed by atoms with E-state index in [0.29, 0.717) is 0 Å². The normalized spacial score (nSPS) is 9.32. The van der Waals surface area contributed by atoms with E-state index in [4.69, 9.17) is 5.11 Å². The number of aliphatic carboxylic acids is 1. The zero-order valence-electron chi connectivity index (χ0n) is 10.5. The van der Waals surface area contributed by atoms with Crippen LogP contribution in [0.1, 0.15) is 13.3 Å². The molecule has 0 aliphatic heterocycles. The predicted molar refractivity (Wildman–Crippen MR) is 63.3 cm³/mol. The number of hydrogen-bond acceptors (Lipinski definition) is 5. The van der Waals surface area contributed by atoms with Gasteiger partial charge in [-0.05, 0) is 6.92 Å². The van der Waals surface area contributed by atoms with Crippen LogP contribution in [-0.2, 0) is 19.1 Å². The second-order valence-electron chi connectivity index (χ2n) is 3.34. The zero-order valence-corrected chi connectivity index (χ0v) is 10.5. The van der Waals surface area contributed by atoms with E-state index >= 15 is 0 Å². The van der Waals surface area contributed by atoms with Crippen molar-refractivity contribution in [2.75, 3.05) is 26.2 Å². The largest absolute Gasteiger partial charge is 0.481 e. The Labute approximate surface area is 109 Å². The van der Waals surface area contributed by atoms with Crippen LogP contribution >= 0.6 is 0 Å². The van der Waals surface area contributed by atoms with Crippen LogP contribution in [0.15, 0.2) is 0 Å². The number of rotatable bonds is 8. The third-order valence-corrected chi connectivity index (χ3v) is 1.78. The summed E-state index contributed by atoms with van der Waals surface area (Å²) in [6.45, 7) is 1.22. The SMILES string of the molecule is CCOC(=O)NCC(=O)NCC(=O)NCCC(=O)O. The lowest BCUT2D eigenvalue weighted by Crippen LogP contribution is -2.42. The van der Waals surface area contributed by atoms with Gasteiger partial charge in [-0.25, -0.2) is 4.79 Å². The van der Waals surface area contributed by atoms with Crippen molar-refractivity contribution in [3.05, 3.63) is 0 Å². The Kier molecular flexibility index (Phi) is 8.50. The minimum atomic E-state index is -1.03. The summed E-state index contributed by atoms with van der Waals surface area (Å²) >= 11 is 0. The quantitative estimate of drug-likeness (QED) is 0.423. The second-order valence-corrected chi connectivity index (χ2v) is 3.34.